The third-order valence-corrected chi connectivity index (χ3v) is 2.61. The summed E-state index contributed by atoms with van der Waals surface area (Å²) in [6.45, 7) is 9.24. The fourth-order valence-corrected chi connectivity index (χ4v) is 0.713. The second-order valence-electron chi connectivity index (χ2n) is 4.65. The summed E-state index contributed by atoms with van der Waals surface area (Å²) in [5, 5.41) is 0. The van der Waals surface area contributed by atoms with Gasteiger partial charge in [0.2, 0.25) is 5.91 Å². The lowest BCUT2D eigenvalue weighted by Gasteiger charge is -2.09. The van der Waals surface area contributed by atoms with Crippen LogP contribution in [0.3, 0.4) is 0 Å². The highest BCUT2D eigenvalue weighted by Crippen LogP contribution is 2.07. The van der Waals surface area contributed by atoms with E-state index in [-0.39, 0.29) is 17.6 Å². The second-order valence-corrected chi connectivity index (χ2v) is 4.65. The van der Waals surface area contributed by atoms with Gasteiger partial charge in [-0.25, -0.2) is 0 Å². The quantitative estimate of drug-likeness (QED) is 0.910. The monoisotopic (exact) mass is 265 g/mol. The zero-order valence-corrected chi connectivity index (χ0v) is 12.7. The molecule has 3 nitrogen and oxygen atoms in total. The molecule has 0 spiro atoms. The largest absolute Gasteiger partial charge is 0.369 e. The van der Waals surface area contributed by atoms with Crippen LogP contribution in [0.4, 0.5) is 0 Å². The molecule has 3 heteroatoms. The lowest BCUT2D eigenvalue weighted by molar-refractivity contribution is -0.122. The van der Waals surface area contributed by atoms with Crippen molar-refractivity contribution in [2.24, 2.45) is 17.6 Å². The van der Waals surface area contributed by atoms with E-state index in [0.717, 1.165) is 0 Å². The van der Waals surface area contributed by atoms with Crippen LogP contribution in [0.2, 0.25) is 0 Å². The number of hydrogen-bond acceptors (Lipinski definition) is 2. The van der Waals surface area contributed by atoms with Crippen LogP contribution < -0.4 is 5.73 Å². The number of hydrogen-bond donors (Lipinski definition) is 1. The maximum absolute atomic E-state index is 10.4. The Morgan fingerprint density at radius 1 is 0.947 bits per heavy atom. The number of ketones is 1. The van der Waals surface area contributed by atoms with Crippen molar-refractivity contribution in [1.82, 2.24) is 0 Å². The molecule has 1 amide bonds. The summed E-state index contributed by atoms with van der Waals surface area (Å²) in [6.07, 6.45) is 0.667. The number of Topliss-reactive ketones (excluding diaryl/α,β-unsaturated/α-hetero) is 1. The third kappa shape index (κ3) is 16.4. The molecule has 1 aromatic rings. The molecule has 0 aliphatic carbocycles. The Morgan fingerprint density at radius 2 is 1.21 bits per heavy atom. The number of primary amides is 1. The molecule has 0 fully saturated rings. The lowest BCUT2D eigenvalue weighted by atomic mass is 9.98. The summed E-state index contributed by atoms with van der Waals surface area (Å²) in [6, 6.07) is 12.0. The topological polar surface area (TPSA) is 60.2 Å². The maximum atomic E-state index is 10.4. The average molecular weight is 265 g/mol. The minimum Gasteiger partial charge on any atom is -0.369 e. The summed E-state index contributed by atoms with van der Waals surface area (Å²) in [5.41, 5.74) is 5.00. The van der Waals surface area contributed by atoms with Gasteiger partial charge in [-0.1, -0.05) is 64.1 Å². The van der Waals surface area contributed by atoms with E-state index >= 15 is 0 Å². The molecule has 1 aromatic carbocycles. The van der Waals surface area contributed by atoms with Gasteiger partial charge in [0.15, 0.2) is 0 Å². The van der Waals surface area contributed by atoms with E-state index in [1.807, 2.05) is 64.1 Å². The van der Waals surface area contributed by atoms with E-state index in [9.17, 15) is 9.59 Å². The van der Waals surface area contributed by atoms with Crippen LogP contribution in [0.15, 0.2) is 36.4 Å². The zero-order chi connectivity index (χ0) is 15.3. The number of nitrogens with two attached hydrogens (primary N) is 1. The van der Waals surface area contributed by atoms with Crippen LogP contribution in [0.1, 0.15) is 41.0 Å². The van der Waals surface area contributed by atoms with E-state index in [4.69, 9.17) is 5.73 Å². The minimum atomic E-state index is -0.208. The lowest BCUT2D eigenvalue weighted by Crippen LogP contribution is -2.24. The first-order valence-electron chi connectivity index (χ1n) is 6.61. The highest BCUT2D eigenvalue weighted by Gasteiger charge is 2.11. The summed E-state index contributed by atoms with van der Waals surface area (Å²) < 4.78 is 0. The van der Waals surface area contributed by atoms with E-state index in [0.29, 0.717) is 12.3 Å². The van der Waals surface area contributed by atoms with Crippen LogP contribution in [0, 0.1) is 11.8 Å². The first-order chi connectivity index (χ1) is 8.82. The fourth-order valence-electron chi connectivity index (χ4n) is 0.713. The molecule has 2 N–H and O–H groups in total. The van der Waals surface area contributed by atoms with Gasteiger partial charge in [-0.15, -0.1) is 0 Å². The van der Waals surface area contributed by atoms with Crippen LogP contribution >= 0.6 is 0 Å². The van der Waals surface area contributed by atoms with E-state index in [1.54, 1.807) is 6.92 Å². The number of rotatable bonds is 3. The molecule has 1 atom stereocenters. The molecule has 19 heavy (non-hydrogen) atoms. The molecular weight excluding hydrogens is 238 g/mol. The fraction of sp³-hybridized carbons (Fsp3) is 0.500. The smallest absolute Gasteiger partial charge is 0.220 e. The van der Waals surface area contributed by atoms with Crippen molar-refractivity contribution in [3.63, 3.8) is 0 Å². The molecule has 0 bridgehead atoms. The van der Waals surface area contributed by atoms with E-state index in [1.165, 1.54) is 0 Å². The molecule has 0 saturated heterocycles. The molecule has 0 aromatic heterocycles. The Kier molecular flexibility index (Phi) is 13.3. The van der Waals surface area contributed by atoms with Gasteiger partial charge in [-0.3, -0.25) is 4.79 Å². The summed E-state index contributed by atoms with van der Waals surface area (Å²) in [4.78, 5) is 20.2. The van der Waals surface area contributed by atoms with Gasteiger partial charge in [0.05, 0.1) is 0 Å². The van der Waals surface area contributed by atoms with Crippen molar-refractivity contribution in [3.05, 3.63) is 36.4 Å². The standard InChI is InChI=1S/C6H13NO.C6H6.C4H8O/c1-4(2)5(3)6(7)8;1-2-4-6-5-3-1;1-3-4(2)5/h4-5H,1-3H3,(H2,7,8);1-6H;3H2,1-2H3/t5-;;/m1../s1. The van der Waals surface area contributed by atoms with Gasteiger partial charge >= 0.3 is 0 Å². The predicted octanol–water partition coefficient (Wildman–Crippen LogP) is 3.44. The van der Waals surface area contributed by atoms with Crippen molar-refractivity contribution in [2.75, 3.05) is 0 Å². The summed E-state index contributed by atoms with van der Waals surface area (Å²) in [7, 11) is 0. The molecule has 0 aliphatic heterocycles. The second kappa shape index (κ2) is 12.8. The molecule has 0 heterocycles. The van der Waals surface area contributed by atoms with Crippen molar-refractivity contribution < 1.29 is 9.59 Å². The Labute approximate surface area is 117 Å². The van der Waals surface area contributed by atoms with Gasteiger partial charge in [0.25, 0.3) is 0 Å². The maximum Gasteiger partial charge on any atom is 0.220 e. The van der Waals surface area contributed by atoms with Crippen molar-refractivity contribution >= 4 is 11.7 Å². The molecule has 0 radical (unpaired) electrons. The highest BCUT2D eigenvalue weighted by molar-refractivity contribution is 5.76. The van der Waals surface area contributed by atoms with Gasteiger partial charge < -0.3 is 10.5 Å². The Bertz CT molecular complexity index is 307. The van der Waals surface area contributed by atoms with Crippen molar-refractivity contribution in [2.45, 2.75) is 41.0 Å². The Balaban J connectivity index is 0. The molecule has 1 rings (SSSR count). The Morgan fingerprint density at radius 3 is 1.26 bits per heavy atom. The van der Waals surface area contributed by atoms with Crippen molar-refractivity contribution in [1.29, 1.82) is 0 Å². The summed E-state index contributed by atoms with van der Waals surface area (Å²) >= 11 is 0. The van der Waals surface area contributed by atoms with Gasteiger partial charge in [0, 0.05) is 12.3 Å². The van der Waals surface area contributed by atoms with Crippen LogP contribution in [-0.2, 0) is 9.59 Å². The van der Waals surface area contributed by atoms with E-state index in [2.05, 4.69) is 0 Å². The van der Waals surface area contributed by atoms with Gasteiger partial charge in [-0.2, -0.15) is 0 Å². The third-order valence-electron chi connectivity index (χ3n) is 2.61. The Hall–Kier alpha value is -1.64. The van der Waals surface area contributed by atoms with Gasteiger partial charge in [0.1, 0.15) is 5.78 Å². The number of carbonyl (C=O) groups is 2. The van der Waals surface area contributed by atoms with Crippen LogP contribution in [-0.4, -0.2) is 11.7 Å². The zero-order valence-electron chi connectivity index (χ0n) is 12.7. The van der Waals surface area contributed by atoms with E-state index < -0.39 is 0 Å². The minimum absolute atomic E-state index is 0.00926. The molecular formula is C16H27NO2. The predicted molar refractivity (Wildman–Crippen MR) is 80.6 cm³/mol. The first kappa shape index (κ1) is 19.7. The number of benzene rings is 1. The molecule has 108 valence electrons. The van der Waals surface area contributed by atoms with Crippen LogP contribution in [0.25, 0.3) is 0 Å². The average Bonchev–Trinajstić information content (AvgIpc) is 2.40. The van der Waals surface area contributed by atoms with Gasteiger partial charge in [-0.05, 0) is 12.8 Å². The normalized spacial score (nSPS) is 10.4. The number of amides is 1. The molecule has 0 unspecified atom stereocenters. The number of carbonyl (C=O) groups excluding carboxylic acids is 2. The first-order valence-corrected chi connectivity index (χ1v) is 6.61. The van der Waals surface area contributed by atoms with Crippen molar-refractivity contribution in [3.8, 4) is 0 Å². The SMILES string of the molecule is CC(C)[C@@H](C)C(N)=O.CCC(C)=O.c1ccccc1. The van der Waals surface area contributed by atoms with Crippen LogP contribution in [0.5, 0.6) is 0 Å². The molecule has 0 saturated carbocycles. The summed E-state index contributed by atoms with van der Waals surface area (Å²) in [5.74, 6) is 0.424. The molecule has 0 aliphatic rings. The highest BCUT2D eigenvalue weighted by atomic mass is 16.1.